The van der Waals surface area contributed by atoms with Gasteiger partial charge in [-0.25, -0.2) is 8.42 Å². The first-order valence-electron chi connectivity index (χ1n) is 11.7. The second-order valence-electron chi connectivity index (χ2n) is 8.58. The van der Waals surface area contributed by atoms with Crippen LogP contribution in [0.25, 0.3) is 0 Å². The maximum Gasteiger partial charge on any atom is 0.264 e. The summed E-state index contributed by atoms with van der Waals surface area (Å²) >= 11 is 0. The molecule has 3 aromatic rings. The third-order valence-electron chi connectivity index (χ3n) is 6.39. The molecule has 8 heteroatoms. The first kappa shape index (κ1) is 24.8. The van der Waals surface area contributed by atoms with Gasteiger partial charge in [-0.15, -0.1) is 0 Å². The van der Waals surface area contributed by atoms with Gasteiger partial charge in [-0.2, -0.15) is 0 Å². The van der Waals surface area contributed by atoms with Crippen LogP contribution < -0.4 is 14.4 Å². The maximum absolute atomic E-state index is 13.2. The minimum absolute atomic E-state index is 0.00711. The highest BCUT2D eigenvalue weighted by molar-refractivity contribution is 7.92. The highest BCUT2D eigenvalue weighted by atomic mass is 32.2. The van der Waals surface area contributed by atoms with Crippen molar-refractivity contribution in [3.8, 4) is 5.75 Å². The Hall–Kier alpha value is -3.36. The van der Waals surface area contributed by atoms with Gasteiger partial charge < -0.3 is 10.1 Å². The van der Waals surface area contributed by atoms with Gasteiger partial charge >= 0.3 is 0 Å². The van der Waals surface area contributed by atoms with Crippen LogP contribution in [-0.2, 0) is 10.0 Å². The SMILES string of the molecule is COc1cccc(C(CNC(=O)c2cccc(S(=O)(=O)N(C)c3ccccc3)c2)N2CCCC2)c1. The van der Waals surface area contributed by atoms with Crippen LogP contribution >= 0.6 is 0 Å². The monoisotopic (exact) mass is 493 g/mol. The summed E-state index contributed by atoms with van der Waals surface area (Å²) in [7, 11) is -0.665. The Kier molecular flexibility index (Phi) is 7.73. The van der Waals surface area contributed by atoms with E-state index in [0.717, 1.165) is 37.2 Å². The summed E-state index contributed by atoms with van der Waals surface area (Å²) in [6.07, 6.45) is 2.26. The normalized spacial score (nSPS) is 14.9. The fourth-order valence-corrected chi connectivity index (χ4v) is 5.63. The fraction of sp³-hybridized carbons (Fsp3) is 0.296. The zero-order valence-electron chi connectivity index (χ0n) is 20.1. The molecule has 1 aliphatic rings. The number of anilines is 1. The molecule has 35 heavy (non-hydrogen) atoms. The molecule has 1 N–H and O–H groups in total. The van der Waals surface area contributed by atoms with Gasteiger partial charge in [0.15, 0.2) is 0 Å². The lowest BCUT2D eigenvalue weighted by Gasteiger charge is -2.28. The second kappa shape index (κ2) is 10.9. The molecule has 1 saturated heterocycles. The minimum Gasteiger partial charge on any atom is -0.497 e. The molecule has 1 amide bonds. The molecule has 7 nitrogen and oxygen atoms in total. The lowest BCUT2D eigenvalue weighted by atomic mass is 10.0. The van der Waals surface area contributed by atoms with Crippen molar-refractivity contribution in [2.24, 2.45) is 0 Å². The number of methoxy groups -OCH3 is 1. The highest BCUT2D eigenvalue weighted by Gasteiger charge is 2.26. The van der Waals surface area contributed by atoms with Crippen LogP contribution in [0.2, 0.25) is 0 Å². The number of benzene rings is 3. The standard InChI is InChI=1S/C27H31N3O4S/c1-29(23-12-4-3-5-13-23)35(32,33)25-15-9-11-22(19-25)27(31)28-20-26(30-16-6-7-17-30)21-10-8-14-24(18-21)34-2/h3-5,8-15,18-19,26H,6-7,16-17,20H2,1-2H3,(H,28,31). The number of carbonyl (C=O) groups is 1. The molecule has 0 radical (unpaired) electrons. The highest BCUT2D eigenvalue weighted by Crippen LogP contribution is 2.27. The average molecular weight is 494 g/mol. The van der Waals surface area contributed by atoms with Crippen molar-refractivity contribution in [1.82, 2.24) is 10.2 Å². The lowest BCUT2D eigenvalue weighted by molar-refractivity contribution is 0.0937. The predicted octanol–water partition coefficient (Wildman–Crippen LogP) is 4.09. The zero-order valence-corrected chi connectivity index (χ0v) is 20.9. The van der Waals surface area contributed by atoms with Gasteiger partial charge in [0.2, 0.25) is 0 Å². The Morgan fingerprint density at radius 3 is 2.43 bits per heavy atom. The van der Waals surface area contributed by atoms with E-state index in [-0.39, 0.29) is 16.8 Å². The number of amides is 1. The summed E-state index contributed by atoms with van der Waals surface area (Å²) in [4.78, 5) is 15.5. The number of nitrogens with one attached hydrogen (secondary N) is 1. The number of likely N-dealkylation sites (tertiary alicyclic amines) is 1. The molecule has 1 heterocycles. The summed E-state index contributed by atoms with van der Waals surface area (Å²) in [5, 5.41) is 3.02. The Labute approximate surface area is 207 Å². The van der Waals surface area contributed by atoms with Gasteiger partial charge in [-0.1, -0.05) is 36.4 Å². The van der Waals surface area contributed by atoms with Crippen LogP contribution in [0.5, 0.6) is 5.75 Å². The van der Waals surface area contributed by atoms with Crippen LogP contribution in [0.3, 0.4) is 0 Å². The van der Waals surface area contributed by atoms with Crippen LogP contribution in [0.4, 0.5) is 5.69 Å². The molecule has 0 saturated carbocycles. The largest absolute Gasteiger partial charge is 0.497 e. The molecule has 1 aliphatic heterocycles. The van der Waals surface area contributed by atoms with Crippen LogP contribution in [0.1, 0.15) is 34.8 Å². The summed E-state index contributed by atoms with van der Waals surface area (Å²) in [6.45, 7) is 2.35. The maximum atomic E-state index is 13.2. The van der Waals surface area contributed by atoms with E-state index in [4.69, 9.17) is 4.74 Å². The lowest BCUT2D eigenvalue weighted by Crippen LogP contribution is -2.37. The van der Waals surface area contributed by atoms with E-state index in [0.29, 0.717) is 17.8 Å². The molecule has 0 aliphatic carbocycles. The third-order valence-corrected chi connectivity index (χ3v) is 8.17. The van der Waals surface area contributed by atoms with Crippen molar-refractivity contribution in [2.45, 2.75) is 23.8 Å². The van der Waals surface area contributed by atoms with Crippen LogP contribution in [0.15, 0.2) is 83.8 Å². The molecule has 1 atom stereocenters. The van der Waals surface area contributed by atoms with Gasteiger partial charge in [0, 0.05) is 19.2 Å². The number of rotatable bonds is 9. The number of hydrogen-bond donors (Lipinski definition) is 1. The number of nitrogens with zero attached hydrogens (tertiary/aromatic N) is 2. The van der Waals surface area contributed by atoms with Crippen molar-refractivity contribution in [2.75, 3.05) is 38.1 Å². The number of hydrogen-bond acceptors (Lipinski definition) is 5. The van der Waals surface area contributed by atoms with E-state index in [9.17, 15) is 13.2 Å². The third kappa shape index (κ3) is 5.66. The van der Waals surface area contributed by atoms with Gasteiger partial charge in [0.25, 0.3) is 15.9 Å². The molecular formula is C27H31N3O4S. The van der Waals surface area contributed by atoms with Crippen molar-refractivity contribution in [1.29, 1.82) is 0 Å². The molecule has 0 bridgehead atoms. The smallest absolute Gasteiger partial charge is 0.264 e. The number of carbonyl (C=O) groups excluding carboxylic acids is 1. The summed E-state index contributed by atoms with van der Waals surface area (Å²) < 4.78 is 32.9. The van der Waals surface area contributed by atoms with Crippen LogP contribution in [0, 0.1) is 0 Å². The summed E-state index contributed by atoms with van der Waals surface area (Å²) in [5.41, 5.74) is 1.93. The van der Waals surface area contributed by atoms with Crippen molar-refractivity contribution in [3.63, 3.8) is 0 Å². The molecule has 3 aromatic carbocycles. The van der Waals surface area contributed by atoms with Gasteiger partial charge in [0.1, 0.15) is 5.75 Å². The molecule has 4 rings (SSSR count). The zero-order chi connectivity index (χ0) is 24.8. The van der Waals surface area contributed by atoms with Crippen molar-refractivity contribution in [3.05, 3.63) is 90.0 Å². The van der Waals surface area contributed by atoms with Gasteiger partial charge in [-0.05, 0) is 74.0 Å². The number of para-hydroxylation sites is 1. The minimum atomic E-state index is -3.81. The van der Waals surface area contributed by atoms with E-state index < -0.39 is 10.0 Å². The predicted molar refractivity (Wildman–Crippen MR) is 137 cm³/mol. The molecule has 1 fully saturated rings. The molecule has 0 spiro atoms. The van der Waals surface area contributed by atoms with E-state index in [2.05, 4.69) is 10.2 Å². The molecular weight excluding hydrogens is 462 g/mol. The quantitative estimate of drug-likeness (QED) is 0.486. The fourth-order valence-electron chi connectivity index (χ4n) is 4.38. The van der Waals surface area contributed by atoms with E-state index >= 15 is 0 Å². The Morgan fingerprint density at radius 1 is 1.00 bits per heavy atom. The topological polar surface area (TPSA) is 78.9 Å². The van der Waals surface area contributed by atoms with Crippen LogP contribution in [-0.4, -0.2) is 53.0 Å². The Balaban J connectivity index is 1.51. The van der Waals surface area contributed by atoms with E-state index in [1.807, 2.05) is 30.3 Å². The number of ether oxygens (including phenoxy) is 1. The second-order valence-corrected chi connectivity index (χ2v) is 10.6. The van der Waals surface area contributed by atoms with E-state index in [1.54, 1.807) is 43.5 Å². The Bertz CT molecular complexity index is 1260. The molecule has 0 aromatic heterocycles. The van der Waals surface area contributed by atoms with Gasteiger partial charge in [-0.3, -0.25) is 14.0 Å². The number of sulfonamides is 1. The van der Waals surface area contributed by atoms with Gasteiger partial charge in [0.05, 0.1) is 23.7 Å². The van der Waals surface area contributed by atoms with Crippen molar-refractivity contribution >= 4 is 21.6 Å². The first-order chi connectivity index (χ1) is 16.9. The first-order valence-corrected chi connectivity index (χ1v) is 13.1. The average Bonchev–Trinajstić information content (AvgIpc) is 3.43. The summed E-state index contributed by atoms with van der Waals surface area (Å²) in [5.74, 6) is 0.468. The summed E-state index contributed by atoms with van der Waals surface area (Å²) in [6, 6.07) is 22.9. The van der Waals surface area contributed by atoms with Crippen molar-refractivity contribution < 1.29 is 17.9 Å². The molecule has 1 unspecified atom stereocenters. The molecule has 184 valence electrons. The van der Waals surface area contributed by atoms with E-state index in [1.165, 1.54) is 23.5 Å². The Morgan fingerprint density at radius 2 is 1.71 bits per heavy atom.